The molecule has 296 valence electrons. The van der Waals surface area contributed by atoms with Crippen LogP contribution in [0.4, 0.5) is 0 Å². The van der Waals surface area contributed by atoms with Crippen molar-refractivity contribution in [2.45, 2.75) is 19.3 Å². The number of aromatic nitrogens is 6. The number of hydrogen-bond acceptors (Lipinski definition) is 6. The molecule has 10 aromatic rings. The molecule has 0 saturated heterocycles. The molecule has 12 rings (SSSR count). The molecule has 2 aliphatic rings. The van der Waals surface area contributed by atoms with E-state index in [1.165, 1.54) is 55.6 Å². The van der Waals surface area contributed by atoms with Crippen molar-refractivity contribution in [3.8, 4) is 90.6 Å². The molecule has 8 aromatic carbocycles. The maximum atomic E-state index is 5.18. The Bertz CT molecular complexity index is 3060. The van der Waals surface area contributed by atoms with Crippen molar-refractivity contribution in [1.82, 2.24) is 29.9 Å². The maximum Gasteiger partial charge on any atom is 0.164 e. The number of fused-ring (bicyclic) bond motifs is 10. The molecule has 0 amide bonds. The third-order valence-electron chi connectivity index (χ3n) is 12.5. The van der Waals surface area contributed by atoms with Crippen LogP contribution in [0, 0.1) is 13.8 Å². The summed E-state index contributed by atoms with van der Waals surface area (Å²) in [5.74, 6) is 3.77. The lowest BCUT2D eigenvalue weighted by Crippen LogP contribution is -2.26. The minimum Gasteiger partial charge on any atom is -0.208 e. The molecule has 2 aromatic heterocycles. The molecular formula is C57H38N6. The summed E-state index contributed by atoms with van der Waals surface area (Å²) in [6.07, 6.45) is 0. The summed E-state index contributed by atoms with van der Waals surface area (Å²) >= 11 is 0. The molecular weight excluding hydrogens is 769 g/mol. The van der Waals surface area contributed by atoms with Crippen LogP contribution in [0.3, 0.4) is 0 Å². The summed E-state index contributed by atoms with van der Waals surface area (Å²) in [6, 6.07) is 68.0. The Labute approximate surface area is 365 Å². The summed E-state index contributed by atoms with van der Waals surface area (Å²) in [5, 5.41) is 0. The standard InChI is InChI=1S/C57H38N6/c1-35-23-27-43-45-29-25-41(55-60-51(37-15-7-3-8-16-37)58-52(61-55)38-17-9-4-10-18-38)33-49(45)57(47(43)31-35)48-32-36(2)24-28-44(48)46-30-26-42(34-50(46)57)56-62-53(39-19-11-5-12-20-39)59-54(63-56)40-21-13-6-14-22-40/h3-34H,1-2H3. The van der Waals surface area contributed by atoms with E-state index in [-0.39, 0.29) is 0 Å². The van der Waals surface area contributed by atoms with E-state index in [1.807, 2.05) is 72.8 Å². The molecule has 0 N–H and O–H groups in total. The average molecular weight is 807 g/mol. The summed E-state index contributed by atoms with van der Waals surface area (Å²) in [4.78, 5) is 30.7. The fourth-order valence-corrected chi connectivity index (χ4v) is 9.61. The highest BCUT2D eigenvalue weighted by atomic mass is 15.0. The van der Waals surface area contributed by atoms with Crippen LogP contribution < -0.4 is 0 Å². The third kappa shape index (κ3) is 5.94. The summed E-state index contributed by atoms with van der Waals surface area (Å²) in [7, 11) is 0. The Kier molecular flexibility index (Phi) is 8.41. The highest BCUT2D eigenvalue weighted by Gasteiger charge is 2.52. The van der Waals surface area contributed by atoms with Gasteiger partial charge in [0.15, 0.2) is 34.9 Å². The van der Waals surface area contributed by atoms with Crippen LogP contribution in [0.1, 0.15) is 33.4 Å². The molecule has 0 radical (unpaired) electrons. The predicted molar refractivity (Wildman–Crippen MR) is 252 cm³/mol. The van der Waals surface area contributed by atoms with Crippen molar-refractivity contribution in [3.05, 3.63) is 228 Å². The van der Waals surface area contributed by atoms with Crippen LogP contribution in [0.15, 0.2) is 194 Å². The molecule has 2 aliphatic carbocycles. The van der Waals surface area contributed by atoms with Crippen LogP contribution in [-0.2, 0) is 5.41 Å². The summed E-state index contributed by atoms with van der Waals surface area (Å²) < 4.78 is 0. The van der Waals surface area contributed by atoms with E-state index in [0.717, 1.165) is 33.4 Å². The van der Waals surface area contributed by atoms with Crippen molar-refractivity contribution in [2.75, 3.05) is 0 Å². The molecule has 0 aliphatic heterocycles. The van der Waals surface area contributed by atoms with Crippen LogP contribution in [-0.4, -0.2) is 29.9 Å². The van der Waals surface area contributed by atoms with Crippen molar-refractivity contribution in [3.63, 3.8) is 0 Å². The van der Waals surface area contributed by atoms with Crippen LogP contribution in [0.2, 0.25) is 0 Å². The van der Waals surface area contributed by atoms with Gasteiger partial charge in [0.2, 0.25) is 0 Å². The fourth-order valence-electron chi connectivity index (χ4n) is 9.61. The quantitative estimate of drug-likeness (QED) is 0.167. The smallest absolute Gasteiger partial charge is 0.164 e. The van der Waals surface area contributed by atoms with Crippen molar-refractivity contribution in [2.24, 2.45) is 0 Å². The normalized spacial score (nSPS) is 12.7. The molecule has 2 heterocycles. The maximum absolute atomic E-state index is 5.18. The molecule has 0 saturated carbocycles. The highest BCUT2D eigenvalue weighted by molar-refractivity contribution is 5.97. The molecule has 6 nitrogen and oxygen atoms in total. The van der Waals surface area contributed by atoms with Gasteiger partial charge in [-0.3, -0.25) is 0 Å². The zero-order chi connectivity index (χ0) is 42.1. The van der Waals surface area contributed by atoms with Gasteiger partial charge in [0.25, 0.3) is 0 Å². The Hall–Kier alpha value is -8.22. The molecule has 0 atom stereocenters. The largest absolute Gasteiger partial charge is 0.208 e. The molecule has 6 heteroatoms. The first-order chi connectivity index (χ1) is 31.0. The highest BCUT2D eigenvalue weighted by Crippen LogP contribution is 2.63. The van der Waals surface area contributed by atoms with Gasteiger partial charge >= 0.3 is 0 Å². The number of nitrogens with zero attached hydrogens (tertiary/aromatic N) is 6. The first kappa shape index (κ1) is 36.6. The van der Waals surface area contributed by atoms with Gasteiger partial charge in [-0.1, -0.05) is 193 Å². The van der Waals surface area contributed by atoms with Crippen LogP contribution in [0.5, 0.6) is 0 Å². The second-order valence-electron chi connectivity index (χ2n) is 16.4. The average Bonchev–Trinajstić information content (AvgIpc) is 3.80. The zero-order valence-corrected chi connectivity index (χ0v) is 34.7. The van der Waals surface area contributed by atoms with E-state index in [9.17, 15) is 0 Å². The first-order valence-electron chi connectivity index (χ1n) is 21.3. The van der Waals surface area contributed by atoms with Gasteiger partial charge in [-0.15, -0.1) is 0 Å². The number of hydrogen-bond donors (Lipinski definition) is 0. The second-order valence-corrected chi connectivity index (χ2v) is 16.4. The second kappa shape index (κ2) is 14.5. The minimum atomic E-state index is -0.658. The SMILES string of the molecule is Cc1ccc2c(c1)C1(c3cc(C)ccc3-c3ccc(-c4nc(-c5ccccc5)nc(-c5ccccc5)n4)cc31)c1cc(-c3nc(-c4ccccc4)nc(-c4ccccc4)n3)ccc1-2. The monoisotopic (exact) mass is 806 g/mol. The molecule has 0 bridgehead atoms. The topological polar surface area (TPSA) is 77.3 Å². The Morgan fingerprint density at radius 2 is 0.508 bits per heavy atom. The van der Waals surface area contributed by atoms with Crippen LogP contribution in [0.25, 0.3) is 90.6 Å². The van der Waals surface area contributed by atoms with Crippen LogP contribution >= 0.6 is 0 Å². The van der Waals surface area contributed by atoms with Gasteiger partial charge in [-0.2, -0.15) is 0 Å². The number of benzene rings is 8. The first-order valence-corrected chi connectivity index (χ1v) is 21.3. The van der Waals surface area contributed by atoms with Gasteiger partial charge in [-0.25, -0.2) is 29.9 Å². The molecule has 1 spiro atoms. The molecule has 63 heavy (non-hydrogen) atoms. The number of rotatable bonds is 6. The third-order valence-corrected chi connectivity index (χ3v) is 12.5. The van der Waals surface area contributed by atoms with Gasteiger partial charge < -0.3 is 0 Å². The van der Waals surface area contributed by atoms with Crippen molar-refractivity contribution < 1.29 is 0 Å². The Morgan fingerprint density at radius 1 is 0.254 bits per heavy atom. The van der Waals surface area contributed by atoms with Gasteiger partial charge in [0, 0.05) is 33.4 Å². The van der Waals surface area contributed by atoms with E-state index in [2.05, 4.69) is 135 Å². The van der Waals surface area contributed by atoms with E-state index in [0.29, 0.717) is 34.9 Å². The van der Waals surface area contributed by atoms with Crippen molar-refractivity contribution in [1.29, 1.82) is 0 Å². The minimum absolute atomic E-state index is 0.622. The molecule has 0 unspecified atom stereocenters. The van der Waals surface area contributed by atoms with E-state index in [4.69, 9.17) is 29.9 Å². The molecule has 0 fully saturated rings. The Balaban J connectivity index is 1.11. The zero-order valence-electron chi connectivity index (χ0n) is 34.7. The lowest BCUT2D eigenvalue weighted by molar-refractivity contribution is 0.791. The van der Waals surface area contributed by atoms with E-state index < -0.39 is 5.41 Å². The fraction of sp³-hybridized carbons (Fsp3) is 0.0526. The van der Waals surface area contributed by atoms with Crippen molar-refractivity contribution >= 4 is 0 Å². The lowest BCUT2D eigenvalue weighted by atomic mass is 9.69. The Morgan fingerprint density at radius 3 is 0.810 bits per heavy atom. The lowest BCUT2D eigenvalue weighted by Gasteiger charge is -2.31. The van der Waals surface area contributed by atoms with Gasteiger partial charge in [-0.05, 0) is 70.5 Å². The summed E-state index contributed by atoms with van der Waals surface area (Å²) in [6.45, 7) is 4.38. The van der Waals surface area contributed by atoms with Gasteiger partial charge in [0.05, 0.1) is 5.41 Å². The van der Waals surface area contributed by atoms with Gasteiger partial charge in [0.1, 0.15) is 0 Å². The number of aryl methyl sites for hydroxylation is 2. The van der Waals surface area contributed by atoms with E-state index >= 15 is 0 Å². The van der Waals surface area contributed by atoms with E-state index in [1.54, 1.807) is 0 Å². The predicted octanol–water partition coefficient (Wildman–Crippen LogP) is 13.0. The summed E-state index contributed by atoms with van der Waals surface area (Å²) in [5.41, 5.74) is 17.1.